The number of aliphatic imine (C=N–C) groups is 1. The lowest BCUT2D eigenvalue weighted by Gasteiger charge is -2.19. The predicted molar refractivity (Wildman–Crippen MR) is 114 cm³/mol. The van der Waals surface area contributed by atoms with Crippen molar-refractivity contribution >= 4 is 35.6 Å². The summed E-state index contributed by atoms with van der Waals surface area (Å²) in [5.74, 6) is 0.802. The third-order valence-electron chi connectivity index (χ3n) is 3.76. The summed E-state index contributed by atoms with van der Waals surface area (Å²) in [6.45, 7) is 2.87. The molecule has 130 valence electrons. The van der Waals surface area contributed by atoms with E-state index in [1.54, 1.807) is 7.05 Å². The minimum absolute atomic E-state index is 0. The molecule has 0 fully saturated rings. The number of hydrogen-bond acceptors (Lipinski definition) is 2. The lowest BCUT2D eigenvalue weighted by molar-refractivity contribution is 0.685. The zero-order chi connectivity index (χ0) is 16.7. The molecule has 0 bridgehead atoms. The van der Waals surface area contributed by atoms with Crippen molar-refractivity contribution in [1.29, 1.82) is 0 Å². The molecule has 0 aliphatic heterocycles. The second-order valence-electron chi connectivity index (χ2n) is 5.77. The van der Waals surface area contributed by atoms with E-state index in [9.17, 15) is 0 Å². The van der Waals surface area contributed by atoms with Gasteiger partial charge in [0.25, 0.3) is 0 Å². The Balaban J connectivity index is 0.00000288. The molecule has 0 aliphatic rings. The molecule has 1 atom stereocenters. The minimum atomic E-state index is 0. The first-order valence-corrected chi connectivity index (χ1v) is 7.88. The van der Waals surface area contributed by atoms with E-state index >= 15 is 0 Å². The quantitative estimate of drug-likeness (QED) is 0.424. The van der Waals surface area contributed by atoms with Gasteiger partial charge in [-0.25, -0.2) is 0 Å². The Morgan fingerprint density at radius 3 is 2.42 bits per heavy atom. The van der Waals surface area contributed by atoms with Crippen molar-refractivity contribution in [2.45, 2.75) is 19.5 Å². The van der Waals surface area contributed by atoms with Crippen molar-refractivity contribution in [3.05, 3.63) is 65.7 Å². The molecule has 0 aromatic heterocycles. The first kappa shape index (κ1) is 20.3. The second-order valence-corrected chi connectivity index (χ2v) is 5.77. The van der Waals surface area contributed by atoms with Crippen LogP contribution in [0.25, 0.3) is 0 Å². The van der Waals surface area contributed by atoms with E-state index in [1.807, 2.05) is 6.07 Å². The average Bonchev–Trinajstić information content (AvgIpc) is 2.59. The van der Waals surface area contributed by atoms with E-state index in [2.05, 4.69) is 90.1 Å². The standard InChI is InChI=1S/C19H26N4.HI/c1-15(17-10-6-5-7-11-17)22-19(20-2)21-14-16-9-8-12-18(13-16)23(3)4;/h5-13,15H,14H2,1-4H3,(H2,20,21,22);1H. The average molecular weight is 438 g/mol. The lowest BCUT2D eigenvalue weighted by atomic mass is 10.1. The molecule has 0 heterocycles. The van der Waals surface area contributed by atoms with Crippen LogP contribution in [0.3, 0.4) is 0 Å². The van der Waals surface area contributed by atoms with Crippen molar-refractivity contribution in [1.82, 2.24) is 10.6 Å². The molecule has 5 heteroatoms. The summed E-state index contributed by atoms with van der Waals surface area (Å²) < 4.78 is 0. The molecule has 1 unspecified atom stereocenters. The van der Waals surface area contributed by atoms with Gasteiger partial charge in [0.15, 0.2) is 5.96 Å². The van der Waals surface area contributed by atoms with E-state index in [4.69, 9.17) is 0 Å². The molecule has 24 heavy (non-hydrogen) atoms. The molecule has 2 aromatic carbocycles. The molecule has 0 saturated heterocycles. The highest BCUT2D eigenvalue weighted by atomic mass is 127. The molecule has 2 N–H and O–H groups in total. The summed E-state index contributed by atoms with van der Waals surface area (Å²) in [7, 11) is 5.90. The van der Waals surface area contributed by atoms with Crippen molar-refractivity contribution < 1.29 is 0 Å². The molecule has 0 radical (unpaired) electrons. The number of hydrogen-bond donors (Lipinski definition) is 2. The molecule has 2 rings (SSSR count). The van der Waals surface area contributed by atoms with Gasteiger partial charge >= 0.3 is 0 Å². The van der Waals surface area contributed by atoms with Gasteiger partial charge in [0.2, 0.25) is 0 Å². The fourth-order valence-electron chi connectivity index (χ4n) is 2.36. The van der Waals surface area contributed by atoms with E-state index in [0.29, 0.717) is 0 Å². The summed E-state index contributed by atoms with van der Waals surface area (Å²) in [5, 5.41) is 6.79. The van der Waals surface area contributed by atoms with E-state index < -0.39 is 0 Å². The van der Waals surface area contributed by atoms with Crippen molar-refractivity contribution in [3.8, 4) is 0 Å². The van der Waals surface area contributed by atoms with Crippen LogP contribution >= 0.6 is 24.0 Å². The maximum absolute atomic E-state index is 4.31. The molecule has 2 aromatic rings. The summed E-state index contributed by atoms with van der Waals surface area (Å²) in [4.78, 5) is 6.42. The lowest BCUT2D eigenvalue weighted by Crippen LogP contribution is -2.38. The van der Waals surface area contributed by atoms with Crippen LogP contribution in [0, 0.1) is 0 Å². The highest BCUT2D eigenvalue weighted by molar-refractivity contribution is 14.0. The normalized spacial score (nSPS) is 12.1. The maximum Gasteiger partial charge on any atom is 0.191 e. The Labute approximate surface area is 162 Å². The number of benzene rings is 2. The van der Waals surface area contributed by atoms with Crippen LogP contribution in [0.1, 0.15) is 24.1 Å². The summed E-state index contributed by atoms with van der Waals surface area (Å²) in [5.41, 5.74) is 3.67. The van der Waals surface area contributed by atoms with Gasteiger partial charge in [-0.2, -0.15) is 0 Å². The predicted octanol–water partition coefficient (Wildman–Crippen LogP) is 3.80. The molecular weight excluding hydrogens is 411 g/mol. The third-order valence-corrected chi connectivity index (χ3v) is 3.76. The number of halogens is 1. The fourth-order valence-corrected chi connectivity index (χ4v) is 2.36. The smallest absolute Gasteiger partial charge is 0.191 e. The van der Waals surface area contributed by atoms with Gasteiger partial charge in [-0.15, -0.1) is 24.0 Å². The Morgan fingerprint density at radius 2 is 1.79 bits per heavy atom. The highest BCUT2D eigenvalue weighted by Gasteiger charge is 2.07. The van der Waals surface area contributed by atoms with Crippen molar-refractivity contribution in [2.24, 2.45) is 4.99 Å². The molecule has 0 saturated carbocycles. The van der Waals surface area contributed by atoms with Gasteiger partial charge in [-0.3, -0.25) is 4.99 Å². The van der Waals surface area contributed by atoms with Crippen LogP contribution in [-0.2, 0) is 6.54 Å². The van der Waals surface area contributed by atoms with Crippen LogP contribution in [-0.4, -0.2) is 27.1 Å². The molecular formula is C19H27IN4. The summed E-state index contributed by atoms with van der Waals surface area (Å²) in [6, 6.07) is 19.1. The molecule has 4 nitrogen and oxygen atoms in total. The van der Waals surface area contributed by atoms with Crippen LogP contribution < -0.4 is 15.5 Å². The maximum atomic E-state index is 4.31. The second kappa shape index (κ2) is 10.2. The van der Waals surface area contributed by atoms with Crippen molar-refractivity contribution in [3.63, 3.8) is 0 Å². The van der Waals surface area contributed by atoms with E-state index in [0.717, 1.165) is 12.5 Å². The topological polar surface area (TPSA) is 39.7 Å². The largest absolute Gasteiger partial charge is 0.378 e. The van der Waals surface area contributed by atoms with Crippen LogP contribution in [0.2, 0.25) is 0 Å². The van der Waals surface area contributed by atoms with Gasteiger partial charge in [0, 0.05) is 33.4 Å². The van der Waals surface area contributed by atoms with Gasteiger partial charge < -0.3 is 15.5 Å². The Bertz CT molecular complexity index is 641. The van der Waals surface area contributed by atoms with Crippen LogP contribution in [0.4, 0.5) is 5.69 Å². The zero-order valence-corrected chi connectivity index (χ0v) is 17.1. The number of nitrogens with zero attached hydrogens (tertiary/aromatic N) is 2. The first-order valence-electron chi connectivity index (χ1n) is 7.88. The van der Waals surface area contributed by atoms with Crippen molar-refractivity contribution in [2.75, 3.05) is 26.0 Å². The summed E-state index contributed by atoms with van der Waals surface area (Å²) in [6.07, 6.45) is 0. The fraction of sp³-hybridized carbons (Fsp3) is 0.316. The van der Waals surface area contributed by atoms with Gasteiger partial charge in [0.05, 0.1) is 6.04 Å². The Morgan fingerprint density at radius 1 is 1.08 bits per heavy atom. The van der Waals surface area contributed by atoms with E-state index in [-0.39, 0.29) is 30.0 Å². The molecule has 0 spiro atoms. The highest BCUT2D eigenvalue weighted by Crippen LogP contribution is 2.13. The number of anilines is 1. The van der Waals surface area contributed by atoms with Gasteiger partial charge in [-0.1, -0.05) is 42.5 Å². The van der Waals surface area contributed by atoms with Gasteiger partial charge in [0.1, 0.15) is 0 Å². The molecule has 0 amide bonds. The SMILES string of the molecule is CN=C(NCc1cccc(N(C)C)c1)NC(C)c1ccccc1.I. The number of guanidine groups is 1. The van der Waals surface area contributed by atoms with Crippen LogP contribution in [0.15, 0.2) is 59.6 Å². The van der Waals surface area contributed by atoms with Gasteiger partial charge in [-0.05, 0) is 30.2 Å². The third kappa shape index (κ3) is 6.03. The van der Waals surface area contributed by atoms with Crippen LogP contribution in [0.5, 0.6) is 0 Å². The monoisotopic (exact) mass is 438 g/mol. The zero-order valence-electron chi connectivity index (χ0n) is 14.8. The summed E-state index contributed by atoms with van der Waals surface area (Å²) >= 11 is 0. The molecule has 0 aliphatic carbocycles. The Kier molecular flexibility index (Phi) is 8.60. The number of rotatable bonds is 5. The first-order chi connectivity index (χ1) is 11.1. The number of nitrogens with one attached hydrogen (secondary N) is 2. The Hall–Kier alpha value is -1.76. The van der Waals surface area contributed by atoms with E-state index in [1.165, 1.54) is 16.8 Å². The minimum Gasteiger partial charge on any atom is -0.378 e.